The Balaban J connectivity index is 2.76. The predicted molar refractivity (Wildman–Crippen MR) is 69.3 cm³/mol. The number of carbonyl (C=O) groups is 2. The highest BCUT2D eigenvalue weighted by Crippen LogP contribution is 2.06. The standard InChI is InChI=1S/C14H13N3O3/c1-20-14(19)12(3-2-8-15)17-13(18)11-6-4-10(9-16)5-7-11/h4-7,12H,2-3H2,1H3,(H,17,18)/t12-/m1/s1. The van der Waals surface area contributed by atoms with E-state index in [2.05, 4.69) is 10.1 Å². The van der Waals surface area contributed by atoms with Gasteiger partial charge in [-0.15, -0.1) is 0 Å². The van der Waals surface area contributed by atoms with Gasteiger partial charge in [0, 0.05) is 12.0 Å². The Bertz CT molecular complexity index is 567. The Kier molecular flexibility index (Phi) is 5.74. The summed E-state index contributed by atoms with van der Waals surface area (Å²) in [5.41, 5.74) is 0.769. The third-order valence-electron chi connectivity index (χ3n) is 2.61. The molecule has 0 radical (unpaired) electrons. The highest BCUT2D eigenvalue weighted by molar-refractivity contribution is 5.96. The maximum Gasteiger partial charge on any atom is 0.328 e. The van der Waals surface area contributed by atoms with E-state index in [0.717, 1.165) is 0 Å². The van der Waals surface area contributed by atoms with Crippen LogP contribution >= 0.6 is 0 Å². The number of amides is 1. The first-order valence-electron chi connectivity index (χ1n) is 5.88. The van der Waals surface area contributed by atoms with Gasteiger partial charge < -0.3 is 10.1 Å². The Morgan fingerprint density at radius 3 is 2.45 bits per heavy atom. The van der Waals surface area contributed by atoms with Crippen LogP contribution in [0.2, 0.25) is 0 Å². The summed E-state index contributed by atoms with van der Waals surface area (Å²) < 4.78 is 4.58. The molecule has 0 aliphatic carbocycles. The van der Waals surface area contributed by atoms with Gasteiger partial charge in [0.2, 0.25) is 0 Å². The molecular formula is C14H13N3O3. The van der Waals surface area contributed by atoms with E-state index in [4.69, 9.17) is 10.5 Å². The van der Waals surface area contributed by atoms with Crippen LogP contribution in [0.4, 0.5) is 0 Å². The summed E-state index contributed by atoms with van der Waals surface area (Å²) in [5.74, 6) is -1.05. The van der Waals surface area contributed by atoms with Gasteiger partial charge in [0.1, 0.15) is 6.04 Å². The van der Waals surface area contributed by atoms with Crippen molar-refractivity contribution in [1.82, 2.24) is 5.32 Å². The normalized spacial score (nSPS) is 10.8. The highest BCUT2D eigenvalue weighted by Gasteiger charge is 2.21. The molecule has 0 saturated heterocycles. The van der Waals surface area contributed by atoms with Crippen LogP contribution in [0.25, 0.3) is 0 Å². The molecular weight excluding hydrogens is 258 g/mol. The molecule has 0 spiro atoms. The fourth-order valence-corrected chi connectivity index (χ4v) is 1.54. The highest BCUT2D eigenvalue weighted by atomic mass is 16.5. The second-order valence-corrected chi connectivity index (χ2v) is 3.94. The van der Waals surface area contributed by atoms with Crippen molar-refractivity contribution in [2.45, 2.75) is 18.9 Å². The molecule has 1 rings (SSSR count). The van der Waals surface area contributed by atoms with Gasteiger partial charge >= 0.3 is 5.97 Å². The maximum absolute atomic E-state index is 12.0. The fourth-order valence-electron chi connectivity index (χ4n) is 1.54. The van der Waals surface area contributed by atoms with Crippen molar-refractivity contribution in [3.8, 4) is 12.1 Å². The third-order valence-corrected chi connectivity index (χ3v) is 2.61. The van der Waals surface area contributed by atoms with Crippen LogP contribution in [0.15, 0.2) is 24.3 Å². The summed E-state index contributed by atoms with van der Waals surface area (Å²) in [6.45, 7) is 0. The number of esters is 1. The molecule has 20 heavy (non-hydrogen) atoms. The van der Waals surface area contributed by atoms with Gasteiger partial charge in [0.15, 0.2) is 0 Å². The average molecular weight is 271 g/mol. The van der Waals surface area contributed by atoms with Gasteiger partial charge in [-0.25, -0.2) is 4.79 Å². The molecule has 1 amide bonds. The molecule has 102 valence electrons. The van der Waals surface area contributed by atoms with Gasteiger partial charge in [-0.2, -0.15) is 10.5 Å². The lowest BCUT2D eigenvalue weighted by Gasteiger charge is -2.15. The van der Waals surface area contributed by atoms with Crippen LogP contribution in [0.5, 0.6) is 0 Å². The molecule has 1 N–H and O–H groups in total. The zero-order valence-corrected chi connectivity index (χ0v) is 10.9. The van der Waals surface area contributed by atoms with Crippen molar-refractivity contribution in [2.75, 3.05) is 7.11 Å². The van der Waals surface area contributed by atoms with Crippen molar-refractivity contribution in [1.29, 1.82) is 10.5 Å². The second-order valence-electron chi connectivity index (χ2n) is 3.94. The summed E-state index contributed by atoms with van der Waals surface area (Å²) in [4.78, 5) is 23.4. The molecule has 0 aliphatic rings. The first-order chi connectivity index (χ1) is 9.62. The lowest BCUT2D eigenvalue weighted by molar-refractivity contribution is -0.143. The van der Waals surface area contributed by atoms with Crippen molar-refractivity contribution in [2.24, 2.45) is 0 Å². The number of methoxy groups -OCH3 is 1. The van der Waals surface area contributed by atoms with Crippen molar-refractivity contribution in [3.63, 3.8) is 0 Å². The fraction of sp³-hybridized carbons (Fsp3) is 0.286. The molecule has 0 heterocycles. The Morgan fingerprint density at radius 2 is 1.95 bits per heavy atom. The predicted octanol–water partition coefficient (Wildman–Crippen LogP) is 1.13. The van der Waals surface area contributed by atoms with E-state index < -0.39 is 17.9 Å². The van der Waals surface area contributed by atoms with E-state index in [1.807, 2.05) is 12.1 Å². The first kappa shape index (κ1) is 15.2. The van der Waals surface area contributed by atoms with E-state index in [0.29, 0.717) is 11.1 Å². The zero-order valence-electron chi connectivity index (χ0n) is 10.9. The number of carbonyl (C=O) groups excluding carboxylic acids is 2. The summed E-state index contributed by atoms with van der Waals surface area (Å²) in [6, 6.07) is 9.01. The third kappa shape index (κ3) is 4.11. The molecule has 1 aromatic carbocycles. The topological polar surface area (TPSA) is 103 Å². The maximum atomic E-state index is 12.0. The van der Waals surface area contributed by atoms with Crippen molar-refractivity contribution >= 4 is 11.9 Å². The van der Waals surface area contributed by atoms with Crippen molar-refractivity contribution in [3.05, 3.63) is 35.4 Å². The largest absolute Gasteiger partial charge is 0.467 e. The minimum absolute atomic E-state index is 0.132. The molecule has 6 heteroatoms. The van der Waals surface area contributed by atoms with E-state index >= 15 is 0 Å². The minimum atomic E-state index is -0.859. The van der Waals surface area contributed by atoms with Crippen LogP contribution in [0.3, 0.4) is 0 Å². The van der Waals surface area contributed by atoms with Gasteiger partial charge in [-0.1, -0.05) is 0 Å². The van der Waals surface area contributed by atoms with Crippen LogP contribution < -0.4 is 5.32 Å². The van der Waals surface area contributed by atoms with Crippen LogP contribution in [-0.4, -0.2) is 25.0 Å². The minimum Gasteiger partial charge on any atom is -0.467 e. The summed E-state index contributed by atoms with van der Waals surface area (Å²) in [6.07, 6.45) is 0.318. The molecule has 1 atom stereocenters. The van der Waals surface area contributed by atoms with Crippen LogP contribution in [0, 0.1) is 22.7 Å². The number of ether oxygens (including phenoxy) is 1. The number of rotatable bonds is 5. The SMILES string of the molecule is COC(=O)[C@@H](CCC#N)NC(=O)c1ccc(C#N)cc1. The van der Waals surface area contributed by atoms with Gasteiger partial charge in [0.25, 0.3) is 5.91 Å². The first-order valence-corrected chi connectivity index (χ1v) is 5.88. The monoisotopic (exact) mass is 271 g/mol. The lowest BCUT2D eigenvalue weighted by atomic mass is 10.1. The number of nitrogens with one attached hydrogen (secondary N) is 1. The number of nitrogens with zero attached hydrogens (tertiary/aromatic N) is 2. The lowest BCUT2D eigenvalue weighted by Crippen LogP contribution is -2.41. The molecule has 0 bridgehead atoms. The van der Waals surface area contributed by atoms with Gasteiger partial charge in [-0.3, -0.25) is 4.79 Å². The van der Waals surface area contributed by atoms with E-state index in [1.165, 1.54) is 31.4 Å². The number of benzene rings is 1. The smallest absolute Gasteiger partial charge is 0.328 e. The Morgan fingerprint density at radius 1 is 1.30 bits per heavy atom. The van der Waals surface area contributed by atoms with Gasteiger partial charge in [0.05, 0.1) is 24.8 Å². The molecule has 0 saturated carbocycles. The Labute approximate surface area is 116 Å². The molecule has 0 unspecified atom stereocenters. The molecule has 6 nitrogen and oxygen atoms in total. The molecule has 0 fully saturated rings. The molecule has 0 aliphatic heterocycles. The summed E-state index contributed by atoms with van der Waals surface area (Å²) in [7, 11) is 1.22. The average Bonchev–Trinajstić information content (AvgIpc) is 2.50. The number of hydrogen-bond acceptors (Lipinski definition) is 5. The quantitative estimate of drug-likeness (QED) is 0.808. The molecule has 1 aromatic rings. The van der Waals surface area contributed by atoms with E-state index in [1.54, 1.807) is 0 Å². The second kappa shape index (κ2) is 7.55. The molecule has 0 aromatic heterocycles. The summed E-state index contributed by atoms with van der Waals surface area (Å²) in [5, 5.41) is 19.7. The Hall–Kier alpha value is -2.86. The van der Waals surface area contributed by atoms with Crippen LogP contribution in [0.1, 0.15) is 28.8 Å². The zero-order chi connectivity index (χ0) is 15.0. The van der Waals surface area contributed by atoms with E-state index in [-0.39, 0.29) is 12.8 Å². The number of hydrogen-bond donors (Lipinski definition) is 1. The van der Waals surface area contributed by atoms with Crippen LogP contribution in [-0.2, 0) is 9.53 Å². The summed E-state index contributed by atoms with van der Waals surface area (Å²) >= 11 is 0. The van der Waals surface area contributed by atoms with Crippen molar-refractivity contribution < 1.29 is 14.3 Å². The van der Waals surface area contributed by atoms with Gasteiger partial charge in [-0.05, 0) is 30.7 Å². The number of nitriles is 2. The van der Waals surface area contributed by atoms with E-state index in [9.17, 15) is 9.59 Å².